The Hall–Kier alpha value is -1.45. The quantitative estimate of drug-likeness (QED) is 0.461. The van der Waals surface area contributed by atoms with E-state index in [1.165, 1.54) is 0 Å². The van der Waals surface area contributed by atoms with Crippen molar-refractivity contribution < 1.29 is 29.6 Å². The van der Waals surface area contributed by atoms with Gasteiger partial charge in [0.15, 0.2) is 11.2 Å². The summed E-state index contributed by atoms with van der Waals surface area (Å²) >= 11 is 17.0. The minimum Gasteiger partial charge on any atom is -0.481 e. The largest absolute Gasteiger partial charge is 0.481 e. The molecule has 0 fully saturated rings. The Bertz CT molecular complexity index is 693. The van der Waals surface area contributed by atoms with Crippen molar-refractivity contribution in [2.75, 3.05) is 6.54 Å². The van der Waals surface area contributed by atoms with Gasteiger partial charge in [-0.15, -0.1) is 0 Å². The number of nitrogens with one attached hydrogen (secondary N) is 1. The Morgan fingerprint density at radius 2 is 1.79 bits per heavy atom. The van der Waals surface area contributed by atoms with Crippen LogP contribution in [0.4, 0.5) is 0 Å². The summed E-state index contributed by atoms with van der Waals surface area (Å²) in [5.41, 5.74) is 0.961. The van der Waals surface area contributed by atoms with E-state index in [1.54, 1.807) is 13.0 Å². The number of ether oxygens (including phenoxy) is 1. The zero-order chi connectivity index (χ0) is 22.1. The van der Waals surface area contributed by atoms with Gasteiger partial charge in [-0.25, -0.2) is 4.79 Å². The van der Waals surface area contributed by atoms with Crippen LogP contribution in [0.15, 0.2) is 18.2 Å². The van der Waals surface area contributed by atoms with Crippen LogP contribution in [0.1, 0.15) is 45.8 Å². The number of carbonyl (C=O) groups is 2. The number of aliphatic hydroxyl groups excluding tert-OH is 1. The maximum absolute atomic E-state index is 9.72. The fourth-order valence-electron chi connectivity index (χ4n) is 1.79. The molecule has 0 saturated heterocycles. The number of hydrogen-bond acceptors (Lipinski definition) is 6. The molecule has 0 saturated carbocycles. The number of aliphatic hydroxyl groups is 1. The molecule has 0 amide bonds. The van der Waals surface area contributed by atoms with Crippen LogP contribution in [0, 0.1) is 0 Å². The monoisotopic (exact) mass is 453 g/mol. The second-order valence-corrected chi connectivity index (χ2v) is 8.24. The van der Waals surface area contributed by atoms with Crippen LogP contribution in [-0.2, 0) is 14.3 Å². The maximum atomic E-state index is 9.72. The molecule has 2 atom stereocenters. The van der Waals surface area contributed by atoms with Crippen molar-refractivity contribution in [2.24, 2.45) is 0 Å². The van der Waals surface area contributed by atoms with Crippen LogP contribution in [0.25, 0.3) is 0 Å². The van der Waals surface area contributed by atoms with E-state index in [9.17, 15) is 9.59 Å². The van der Waals surface area contributed by atoms with Crippen LogP contribution < -0.4 is 5.32 Å². The molecule has 1 aromatic carbocycles. The van der Waals surface area contributed by atoms with Gasteiger partial charge in [0, 0.05) is 19.0 Å². The molecule has 10 heteroatoms. The molecule has 0 aromatic heterocycles. The minimum atomic E-state index is -1.79. The van der Waals surface area contributed by atoms with Gasteiger partial charge in [-0.3, -0.25) is 4.79 Å². The smallest absolute Gasteiger partial charge is 0.333 e. The third-order valence-corrected chi connectivity index (χ3v) is 3.93. The van der Waals surface area contributed by atoms with Gasteiger partial charge in [0.25, 0.3) is 0 Å². The summed E-state index contributed by atoms with van der Waals surface area (Å²) in [4.78, 5) is 19.4. The molecule has 158 valence electrons. The van der Waals surface area contributed by atoms with Crippen molar-refractivity contribution in [2.45, 2.75) is 51.9 Å². The number of hydrogen-bond donors (Lipinski definition) is 4. The second-order valence-electron chi connectivity index (χ2n) is 6.85. The molecule has 28 heavy (non-hydrogen) atoms. The molecule has 2 unspecified atom stereocenters. The molecule has 0 aliphatic heterocycles. The fourth-order valence-corrected chi connectivity index (χ4v) is 2.21. The van der Waals surface area contributed by atoms with Crippen molar-refractivity contribution >= 4 is 52.4 Å². The number of aliphatic carboxylic acids is 2. The predicted molar refractivity (Wildman–Crippen MR) is 112 cm³/mol. The summed E-state index contributed by atoms with van der Waals surface area (Å²) in [7, 11) is 0. The fraction of sp³-hybridized carbons (Fsp3) is 0.500. The number of carboxylic acids is 2. The van der Waals surface area contributed by atoms with E-state index in [0.29, 0.717) is 21.6 Å². The first kappa shape index (κ1) is 26.6. The highest BCUT2D eigenvalue weighted by Gasteiger charge is 2.18. The van der Waals surface area contributed by atoms with E-state index < -0.39 is 24.5 Å². The summed E-state index contributed by atoms with van der Waals surface area (Å²) < 4.78 is 5.69. The highest BCUT2D eigenvalue weighted by molar-refractivity contribution is 7.80. The van der Waals surface area contributed by atoms with Gasteiger partial charge in [-0.05, 0) is 50.7 Å². The SMILES string of the molecule is CC(=S)OC(CNC(C)(C)C)c1ccc(Cl)c(Cl)c1.O=C(O)CC(O)C(=O)O. The highest BCUT2D eigenvalue weighted by atomic mass is 35.5. The van der Waals surface area contributed by atoms with Gasteiger partial charge in [0.05, 0.1) is 16.5 Å². The average Bonchev–Trinajstić information content (AvgIpc) is 2.53. The Labute approximate surface area is 179 Å². The molecule has 0 bridgehead atoms. The third kappa shape index (κ3) is 12.1. The van der Waals surface area contributed by atoms with Crippen LogP contribution in [0.5, 0.6) is 0 Å². The van der Waals surface area contributed by atoms with Gasteiger partial charge >= 0.3 is 11.9 Å². The van der Waals surface area contributed by atoms with Crippen LogP contribution in [0.2, 0.25) is 10.0 Å². The first-order valence-corrected chi connectivity index (χ1v) is 9.39. The van der Waals surface area contributed by atoms with Crippen molar-refractivity contribution in [3.8, 4) is 0 Å². The molecule has 4 N–H and O–H groups in total. The molecule has 0 aliphatic carbocycles. The topological polar surface area (TPSA) is 116 Å². The van der Waals surface area contributed by atoms with E-state index in [1.807, 2.05) is 12.1 Å². The molecule has 0 spiro atoms. The molecule has 1 aromatic rings. The lowest BCUT2D eigenvalue weighted by Crippen LogP contribution is -2.39. The van der Waals surface area contributed by atoms with Crippen LogP contribution >= 0.6 is 35.4 Å². The van der Waals surface area contributed by atoms with Crippen molar-refractivity contribution in [1.29, 1.82) is 0 Å². The summed E-state index contributed by atoms with van der Waals surface area (Å²) in [5, 5.41) is 29.1. The zero-order valence-electron chi connectivity index (χ0n) is 16.0. The first-order valence-electron chi connectivity index (χ1n) is 8.22. The standard InChI is InChI=1S/C14H19Cl2NOS.C4H6O5/c1-9(19)18-13(8-17-14(2,3)4)10-5-6-11(15)12(16)7-10;5-2(4(8)9)1-3(6)7/h5-7,13,17H,8H2,1-4H3;2,5H,1H2,(H,6,7)(H,8,9). The number of carboxylic acid groups (broad SMARTS) is 2. The predicted octanol–water partition coefficient (Wildman–Crippen LogP) is 3.69. The lowest BCUT2D eigenvalue weighted by atomic mass is 10.1. The Kier molecular flexibility index (Phi) is 11.6. The summed E-state index contributed by atoms with van der Waals surface area (Å²) in [6, 6.07) is 5.49. The van der Waals surface area contributed by atoms with E-state index in [-0.39, 0.29) is 11.6 Å². The maximum Gasteiger partial charge on any atom is 0.333 e. The minimum absolute atomic E-state index is 0.00713. The molecule has 0 radical (unpaired) electrons. The van der Waals surface area contributed by atoms with Crippen molar-refractivity contribution in [3.63, 3.8) is 0 Å². The number of thiocarbonyl (C=S) groups is 1. The van der Waals surface area contributed by atoms with Crippen LogP contribution in [0.3, 0.4) is 0 Å². The highest BCUT2D eigenvalue weighted by Crippen LogP contribution is 2.27. The molecular weight excluding hydrogens is 429 g/mol. The number of halogens is 2. The van der Waals surface area contributed by atoms with E-state index in [4.69, 9.17) is 55.5 Å². The molecule has 0 heterocycles. The summed E-state index contributed by atoms with van der Waals surface area (Å²) in [5.74, 6) is -2.85. The normalized spacial score (nSPS) is 13.0. The Morgan fingerprint density at radius 1 is 1.21 bits per heavy atom. The lowest BCUT2D eigenvalue weighted by molar-refractivity contribution is -0.152. The lowest BCUT2D eigenvalue weighted by Gasteiger charge is -2.26. The Balaban J connectivity index is 0.000000684. The molecule has 7 nitrogen and oxygen atoms in total. The molecular formula is C18H25Cl2NO6S. The van der Waals surface area contributed by atoms with Gasteiger partial charge in [-0.2, -0.15) is 0 Å². The van der Waals surface area contributed by atoms with Gasteiger partial charge in [0.2, 0.25) is 0 Å². The van der Waals surface area contributed by atoms with Gasteiger partial charge in [-0.1, -0.05) is 29.3 Å². The van der Waals surface area contributed by atoms with E-state index >= 15 is 0 Å². The van der Waals surface area contributed by atoms with Gasteiger partial charge < -0.3 is 25.4 Å². The Morgan fingerprint density at radius 3 is 2.14 bits per heavy atom. The van der Waals surface area contributed by atoms with Crippen LogP contribution in [-0.4, -0.2) is 50.5 Å². The zero-order valence-corrected chi connectivity index (χ0v) is 18.4. The molecule has 1 rings (SSSR count). The first-order chi connectivity index (χ1) is 12.7. The average molecular weight is 454 g/mol. The summed E-state index contributed by atoms with van der Waals surface area (Å²) in [6.07, 6.45) is -2.72. The van der Waals surface area contributed by atoms with Crippen molar-refractivity contribution in [1.82, 2.24) is 5.32 Å². The molecule has 0 aliphatic rings. The second kappa shape index (κ2) is 12.2. The van der Waals surface area contributed by atoms with E-state index in [2.05, 4.69) is 26.1 Å². The number of benzene rings is 1. The summed E-state index contributed by atoms with van der Waals surface area (Å²) in [6.45, 7) is 8.71. The number of rotatable bonds is 7. The van der Waals surface area contributed by atoms with Gasteiger partial charge in [0.1, 0.15) is 6.10 Å². The third-order valence-electron chi connectivity index (χ3n) is 3.09. The van der Waals surface area contributed by atoms with E-state index in [0.717, 1.165) is 5.56 Å². The van der Waals surface area contributed by atoms with Crippen molar-refractivity contribution in [3.05, 3.63) is 33.8 Å².